The van der Waals surface area contributed by atoms with Crippen LogP contribution in [0.4, 0.5) is 4.39 Å². The van der Waals surface area contributed by atoms with Gasteiger partial charge < -0.3 is 5.32 Å². The van der Waals surface area contributed by atoms with Crippen molar-refractivity contribution in [1.82, 2.24) is 5.32 Å². The molecule has 1 aromatic rings. The van der Waals surface area contributed by atoms with E-state index >= 15 is 0 Å². The lowest BCUT2D eigenvalue weighted by atomic mass is 10.2. The Bertz CT molecular complexity index is 452. The minimum absolute atomic E-state index is 0.152. The van der Waals surface area contributed by atoms with E-state index in [-0.39, 0.29) is 10.8 Å². The molecule has 18 heavy (non-hydrogen) atoms. The summed E-state index contributed by atoms with van der Waals surface area (Å²) in [4.78, 5) is 4.51. The first-order valence-corrected chi connectivity index (χ1v) is 7.22. The smallest absolute Gasteiger partial charge is 0.157 e. The second-order valence-corrected chi connectivity index (χ2v) is 6.41. The van der Waals surface area contributed by atoms with Crippen LogP contribution in [0.3, 0.4) is 0 Å². The van der Waals surface area contributed by atoms with Gasteiger partial charge in [0.25, 0.3) is 0 Å². The number of benzene rings is 1. The fourth-order valence-corrected chi connectivity index (χ4v) is 3.30. The quantitative estimate of drug-likeness (QED) is 0.893. The van der Waals surface area contributed by atoms with Gasteiger partial charge in [-0.05, 0) is 31.0 Å². The van der Waals surface area contributed by atoms with Crippen molar-refractivity contribution >= 4 is 28.5 Å². The molecule has 1 saturated heterocycles. The average Bonchev–Trinajstić information content (AvgIpc) is 2.29. The first kappa shape index (κ1) is 13.7. The lowest BCUT2D eigenvalue weighted by Crippen LogP contribution is -2.38. The number of rotatable bonds is 2. The van der Waals surface area contributed by atoms with E-state index in [1.54, 1.807) is 23.9 Å². The maximum absolute atomic E-state index is 13.0. The van der Waals surface area contributed by atoms with Crippen molar-refractivity contribution in [2.75, 3.05) is 0 Å². The van der Waals surface area contributed by atoms with Crippen LogP contribution in [0, 0.1) is 5.82 Å². The van der Waals surface area contributed by atoms with Crippen molar-refractivity contribution in [2.24, 2.45) is 4.99 Å². The van der Waals surface area contributed by atoms with Gasteiger partial charge in [-0.25, -0.2) is 4.39 Å². The van der Waals surface area contributed by atoms with E-state index in [0.717, 1.165) is 17.2 Å². The fraction of sp³-hybridized carbons (Fsp3) is 0.462. The van der Waals surface area contributed by atoms with Crippen LogP contribution in [-0.2, 0) is 6.54 Å². The average molecular weight is 287 g/mol. The van der Waals surface area contributed by atoms with Crippen LogP contribution >= 0.6 is 23.4 Å². The SMILES string of the molecule is CC1CC(C)SC(=NCc2ccc(F)c(Cl)c2)N1. The first-order valence-electron chi connectivity index (χ1n) is 5.96. The molecule has 5 heteroatoms. The van der Waals surface area contributed by atoms with Gasteiger partial charge in [-0.1, -0.05) is 36.4 Å². The molecule has 1 aliphatic rings. The Morgan fingerprint density at radius 2 is 2.28 bits per heavy atom. The molecule has 1 heterocycles. The molecule has 0 bridgehead atoms. The molecule has 0 radical (unpaired) electrons. The lowest BCUT2D eigenvalue weighted by molar-refractivity contribution is 0.597. The van der Waals surface area contributed by atoms with Crippen LogP contribution in [0.1, 0.15) is 25.8 Å². The third-order valence-corrected chi connectivity index (χ3v) is 4.11. The number of nitrogens with one attached hydrogen (secondary N) is 1. The molecular formula is C13H16ClFN2S. The van der Waals surface area contributed by atoms with Crippen LogP contribution in [0.5, 0.6) is 0 Å². The summed E-state index contributed by atoms with van der Waals surface area (Å²) in [5.41, 5.74) is 0.919. The topological polar surface area (TPSA) is 24.4 Å². The number of hydrogen-bond acceptors (Lipinski definition) is 2. The Morgan fingerprint density at radius 1 is 1.50 bits per heavy atom. The van der Waals surface area contributed by atoms with Crippen molar-refractivity contribution in [3.63, 3.8) is 0 Å². The molecule has 0 aliphatic carbocycles. The minimum atomic E-state index is -0.388. The molecule has 0 saturated carbocycles. The molecule has 2 nitrogen and oxygen atoms in total. The Kier molecular flexibility index (Phi) is 4.51. The van der Waals surface area contributed by atoms with Gasteiger partial charge in [0.15, 0.2) is 5.17 Å². The van der Waals surface area contributed by atoms with Gasteiger partial charge in [0.05, 0.1) is 11.6 Å². The van der Waals surface area contributed by atoms with E-state index in [4.69, 9.17) is 11.6 Å². The molecule has 2 atom stereocenters. The zero-order valence-corrected chi connectivity index (χ0v) is 12.0. The second kappa shape index (κ2) is 5.93. The summed E-state index contributed by atoms with van der Waals surface area (Å²) in [6.07, 6.45) is 1.14. The van der Waals surface area contributed by atoms with E-state index in [9.17, 15) is 4.39 Å². The summed E-state index contributed by atoms with van der Waals surface area (Å²) >= 11 is 7.49. The third kappa shape index (κ3) is 3.62. The molecular weight excluding hydrogens is 271 g/mol. The van der Waals surface area contributed by atoms with E-state index in [1.165, 1.54) is 6.07 Å². The van der Waals surface area contributed by atoms with Crippen LogP contribution in [0.15, 0.2) is 23.2 Å². The zero-order valence-electron chi connectivity index (χ0n) is 10.4. The molecule has 0 aromatic heterocycles. The van der Waals surface area contributed by atoms with Crippen LogP contribution in [-0.4, -0.2) is 16.5 Å². The summed E-state index contributed by atoms with van der Waals surface area (Å²) in [5, 5.41) is 5.04. The van der Waals surface area contributed by atoms with Gasteiger partial charge in [-0.3, -0.25) is 4.99 Å². The largest absolute Gasteiger partial charge is 0.362 e. The molecule has 2 rings (SSSR count). The third-order valence-electron chi connectivity index (χ3n) is 2.76. The number of nitrogens with zero attached hydrogens (tertiary/aromatic N) is 1. The first-order chi connectivity index (χ1) is 8.54. The van der Waals surface area contributed by atoms with Gasteiger partial charge in [0.1, 0.15) is 5.82 Å². The number of amidine groups is 1. The Morgan fingerprint density at radius 3 is 2.94 bits per heavy atom. The van der Waals surface area contributed by atoms with Gasteiger partial charge in [0, 0.05) is 11.3 Å². The summed E-state index contributed by atoms with van der Waals surface area (Å²) in [7, 11) is 0. The van der Waals surface area contributed by atoms with Gasteiger partial charge in [0.2, 0.25) is 0 Å². The van der Waals surface area contributed by atoms with Crippen LogP contribution < -0.4 is 5.32 Å². The second-order valence-electron chi connectivity index (χ2n) is 4.58. The maximum Gasteiger partial charge on any atom is 0.157 e. The van der Waals surface area contributed by atoms with Gasteiger partial charge in [-0.2, -0.15) is 0 Å². The van der Waals surface area contributed by atoms with Gasteiger partial charge >= 0.3 is 0 Å². The normalized spacial score (nSPS) is 26.1. The molecule has 0 amide bonds. The summed E-state index contributed by atoms with van der Waals surface area (Å²) in [6.45, 7) is 4.88. The standard InChI is InChI=1S/C13H16ClFN2S/c1-8-5-9(2)18-13(17-8)16-7-10-3-4-12(15)11(14)6-10/h3-4,6,8-9H,5,7H2,1-2H3,(H,16,17). The van der Waals surface area contributed by atoms with E-state index in [2.05, 4.69) is 24.2 Å². The zero-order chi connectivity index (χ0) is 13.1. The van der Waals surface area contributed by atoms with Crippen molar-refractivity contribution in [2.45, 2.75) is 38.1 Å². The summed E-state index contributed by atoms with van der Waals surface area (Å²) in [5.74, 6) is -0.388. The van der Waals surface area contributed by atoms with Gasteiger partial charge in [-0.15, -0.1) is 0 Å². The molecule has 0 spiro atoms. The van der Waals surface area contributed by atoms with E-state index in [1.807, 2.05) is 0 Å². The molecule has 1 N–H and O–H groups in total. The van der Waals surface area contributed by atoms with Crippen LogP contribution in [0.2, 0.25) is 5.02 Å². The molecule has 1 aromatic carbocycles. The number of aliphatic imine (C=N–C) groups is 1. The highest BCUT2D eigenvalue weighted by Crippen LogP contribution is 2.23. The van der Waals surface area contributed by atoms with Crippen molar-refractivity contribution in [3.8, 4) is 0 Å². The van der Waals surface area contributed by atoms with E-state index in [0.29, 0.717) is 17.8 Å². The lowest BCUT2D eigenvalue weighted by Gasteiger charge is -2.26. The highest BCUT2D eigenvalue weighted by Gasteiger charge is 2.19. The highest BCUT2D eigenvalue weighted by molar-refractivity contribution is 8.14. The predicted molar refractivity (Wildman–Crippen MR) is 76.8 cm³/mol. The number of hydrogen-bond donors (Lipinski definition) is 1. The Balaban J connectivity index is 2.03. The van der Waals surface area contributed by atoms with Crippen molar-refractivity contribution < 1.29 is 4.39 Å². The molecule has 98 valence electrons. The Hall–Kier alpha value is -0.740. The van der Waals surface area contributed by atoms with Crippen molar-refractivity contribution in [1.29, 1.82) is 0 Å². The number of thioether (sulfide) groups is 1. The fourth-order valence-electron chi connectivity index (χ4n) is 1.92. The molecule has 1 fully saturated rings. The van der Waals surface area contributed by atoms with E-state index < -0.39 is 0 Å². The summed E-state index contributed by atoms with van der Waals surface area (Å²) in [6, 6.07) is 5.18. The highest BCUT2D eigenvalue weighted by atomic mass is 35.5. The van der Waals surface area contributed by atoms with Crippen molar-refractivity contribution in [3.05, 3.63) is 34.6 Å². The molecule has 2 unspecified atom stereocenters. The predicted octanol–water partition coefficient (Wildman–Crippen LogP) is 3.84. The Labute approximate surface area is 116 Å². The van der Waals surface area contributed by atoms with Crippen LogP contribution in [0.25, 0.3) is 0 Å². The maximum atomic E-state index is 13.0. The summed E-state index contributed by atoms with van der Waals surface area (Å²) < 4.78 is 13.0. The molecule has 1 aliphatic heterocycles. The number of halogens is 2. The monoisotopic (exact) mass is 286 g/mol. The minimum Gasteiger partial charge on any atom is -0.362 e.